The maximum atomic E-state index is 6.03. The molecule has 0 aliphatic carbocycles. The van der Waals surface area contributed by atoms with Crippen LogP contribution in [0.2, 0.25) is 0 Å². The lowest BCUT2D eigenvalue weighted by Gasteiger charge is -2.43. The van der Waals surface area contributed by atoms with E-state index in [4.69, 9.17) is 10.5 Å². The molecule has 0 amide bonds. The predicted octanol–water partition coefficient (Wildman–Crippen LogP) is 2.58. The van der Waals surface area contributed by atoms with Gasteiger partial charge in [-0.2, -0.15) is 0 Å². The molecule has 0 radical (unpaired) electrons. The summed E-state index contributed by atoms with van der Waals surface area (Å²) in [5.41, 5.74) is 8.40. The summed E-state index contributed by atoms with van der Waals surface area (Å²) in [7, 11) is 1.74. The monoisotopic (exact) mass is 250 g/mol. The molecule has 0 heterocycles. The molecule has 0 fully saturated rings. The smallest absolute Gasteiger partial charge is 0.0753 e. The highest BCUT2D eigenvalue weighted by Gasteiger charge is 2.33. The number of likely N-dealkylation sites (N-methyl/N-ethyl adjacent to an activating group) is 1. The largest absolute Gasteiger partial charge is 0.382 e. The number of rotatable bonds is 7. The van der Waals surface area contributed by atoms with Crippen molar-refractivity contribution in [2.24, 2.45) is 5.73 Å². The number of benzene rings is 1. The average Bonchev–Trinajstić information content (AvgIpc) is 2.40. The van der Waals surface area contributed by atoms with Crippen LogP contribution in [0.1, 0.15) is 25.8 Å². The first kappa shape index (κ1) is 15.0. The first-order valence-electron chi connectivity index (χ1n) is 6.66. The molecule has 102 valence electrons. The van der Waals surface area contributed by atoms with Crippen LogP contribution in [0, 0.1) is 6.92 Å². The summed E-state index contributed by atoms with van der Waals surface area (Å²) in [6.07, 6.45) is 0.971. The SMILES string of the molecule is CCN(c1ccc(C)cc1)C(CC)(CN)COC. The van der Waals surface area contributed by atoms with Gasteiger partial charge in [0.1, 0.15) is 0 Å². The molecule has 0 aliphatic rings. The minimum Gasteiger partial charge on any atom is -0.382 e. The Bertz CT molecular complexity index is 344. The molecule has 1 aromatic carbocycles. The fourth-order valence-electron chi connectivity index (χ4n) is 2.47. The first-order valence-corrected chi connectivity index (χ1v) is 6.66. The van der Waals surface area contributed by atoms with Crippen molar-refractivity contribution in [1.29, 1.82) is 0 Å². The zero-order chi connectivity index (χ0) is 13.6. The minimum atomic E-state index is -0.112. The fourth-order valence-corrected chi connectivity index (χ4v) is 2.47. The van der Waals surface area contributed by atoms with Crippen LogP contribution in [0.15, 0.2) is 24.3 Å². The van der Waals surface area contributed by atoms with Gasteiger partial charge in [-0.05, 0) is 32.4 Å². The summed E-state index contributed by atoms with van der Waals surface area (Å²) < 4.78 is 5.40. The van der Waals surface area contributed by atoms with E-state index < -0.39 is 0 Å². The van der Waals surface area contributed by atoms with Gasteiger partial charge in [0, 0.05) is 25.9 Å². The van der Waals surface area contributed by atoms with E-state index in [0.717, 1.165) is 13.0 Å². The second-order valence-corrected chi connectivity index (χ2v) is 4.79. The van der Waals surface area contributed by atoms with E-state index in [1.54, 1.807) is 7.11 Å². The fraction of sp³-hybridized carbons (Fsp3) is 0.600. The average molecular weight is 250 g/mol. The molecule has 1 rings (SSSR count). The normalized spacial score (nSPS) is 14.3. The van der Waals surface area contributed by atoms with Gasteiger partial charge in [0.25, 0.3) is 0 Å². The molecule has 0 saturated carbocycles. The van der Waals surface area contributed by atoms with Crippen LogP contribution >= 0.6 is 0 Å². The number of ether oxygens (including phenoxy) is 1. The predicted molar refractivity (Wildman–Crippen MR) is 78.2 cm³/mol. The van der Waals surface area contributed by atoms with E-state index in [1.807, 2.05) is 0 Å². The molecular formula is C15H26N2O. The molecule has 0 bridgehead atoms. The summed E-state index contributed by atoms with van der Waals surface area (Å²) in [5, 5.41) is 0. The van der Waals surface area contributed by atoms with E-state index in [1.165, 1.54) is 11.3 Å². The third kappa shape index (κ3) is 3.03. The summed E-state index contributed by atoms with van der Waals surface area (Å²) in [4.78, 5) is 2.36. The molecule has 1 aromatic rings. The number of anilines is 1. The van der Waals surface area contributed by atoms with Crippen molar-refractivity contribution in [1.82, 2.24) is 0 Å². The summed E-state index contributed by atoms with van der Waals surface area (Å²) in [5.74, 6) is 0. The summed E-state index contributed by atoms with van der Waals surface area (Å²) >= 11 is 0. The van der Waals surface area contributed by atoms with E-state index in [2.05, 4.69) is 49.9 Å². The Balaban J connectivity index is 3.08. The van der Waals surface area contributed by atoms with Crippen molar-refractivity contribution >= 4 is 5.69 Å². The van der Waals surface area contributed by atoms with Gasteiger partial charge in [0.15, 0.2) is 0 Å². The van der Waals surface area contributed by atoms with E-state index in [-0.39, 0.29) is 5.54 Å². The van der Waals surface area contributed by atoms with Crippen molar-refractivity contribution < 1.29 is 4.74 Å². The quantitative estimate of drug-likeness (QED) is 0.808. The Morgan fingerprint density at radius 2 is 1.83 bits per heavy atom. The number of aryl methyl sites for hydroxylation is 1. The van der Waals surface area contributed by atoms with Crippen LogP contribution in [-0.4, -0.2) is 32.3 Å². The molecule has 18 heavy (non-hydrogen) atoms. The number of nitrogens with two attached hydrogens (primary N) is 1. The van der Waals surface area contributed by atoms with Gasteiger partial charge in [-0.25, -0.2) is 0 Å². The standard InChI is InChI=1S/C15H26N2O/c1-5-15(11-16,12-18-4)17(6-2)14-9-7-13(3)8-10-14/h7-10H,5-6,11-12,16H2,1-4H3. The number of methoxy groups -OCH3 is 1. The highest BCUT2D eigenvalue weighted by atomic mass is 16.5. The molecule has 2 N–H and O–H groups in total. The summed E-state index contributed by atoms with van der Waals surface area (Å²) in [6, 6.07) is 8.60. The lowest BCUT2D eigenvalue weighted by molar-refractivity contribution is 0.127. The molecule has 0 spiro atoms. The zero-order valence-corrected chi connectivity index (χ0v) is 12.1. The van der Waals surface area contributed by atoms with Crippen LogP contribution in [0.5, 0.6) is 0 Å². The van der Waals surface area contributed by atoms with E-state index in [9.17, 15) is 0 Å². The van der Waals surface area contributed by atoms with Crippen LogP contribution in [0.25, 0.3) is 0 Å². The van der Waals surface area contributed by atoms with Gasteiger partial charge in [0.05, 0.1) is 12.1 Å². The van der Waals surface area contributed by atoms with Crippen LogP contribution in [-0.2, 0) is 4.74 Å². The maximum absolute atomic E-state index is 6.03. The van der Waals surface area contributed by atoms with Crippen molar-refractivity contribution in [3.8, 4) is 0 Å². The van der Waals surface area contributed by atoms with Gasteiger partial charge < -0.3 is 15.4 Å². The molecule has 3 heteroatoms. The molecule has 1 unspecified atom stereocenters. The number of hydrogen-bond acceptors (Lipinski definition) is 3. The minimum absolute atomic E-state index is 0.112. The third-order valence-electron chi connectivity index (χ3n) is 3.69. The highest BCUT2D eigenvalue weighted by Crippen LogP contribution is 2.27. The lowest BCUT2D eigenvalue weighted by atomic mass is 9.93. The van der Waals surface area contributed by atoms with Crippen LogP contribution < -0.4 is 10.6 Å². The Hall–Kier alpha value is -1.06. The Morgan fingerprint density at radius 3 is 2.22 bits per heavy atom. The maximum Gasteiger partial charge on any atom is 0.0753 e. The molecule has 0 saturated heterocycles. The lowest BCUT2D eigenvalue weighted by Crippen LogP contribution is -2.57. The van der Waals surface area contributed by atoms with E-state index in [0.29, 0.717) is 13.2 Å². The summed E-state index contributed by atoms with van der Waals surface area (Å²) in [6.45, 7) is 8.61. The number of hydrogen-bond donors (Lipinski definition) is 1. The van der Waals surface area contributed by atoms with Crippen molar-refractivity contribution in [2.45, 2.75) is 32.7 Å². The molecule has 0 aromatic heterocycles. The van der Waals surface area contributed by atoms with Crippen LogP contribution in [0.4, 0.5) is 5.69 Å². The first-order chi connectivity index (χ1) is 8.63. The second-order valence-electron chi connectivity index (χ2n) is 4.79. The second kappa shape index (κ2) is 6.76. The Morgan fingerprint density at radius 1 is 1.22 bits per heavy atom. The Labute approximate surface area is 111 Å². The van der Waals surface area contributed by atoms with Crippen molar-refractivity contribution in [3.05, 3.63) is 29.8 Å². The Kier molecular flexibility index (Phi) is 5.63. The van der Waals surface area contributed by atoms with Gasteiger partial charge in [-0.15, -0.1) is 0 Å². The van der Waals surface area contributed by atoms with Gasteiger partial charge >= 0.3 is 0 Å². The van der Waals surface area contributed by atoms with Crippen molar-refractivity contribution in [2.75, 3.05) is 31.7 Å². The van der Waals surface area contributed by atoms with Gasteiger partial charge in [0.2, 0.25) is 0 Å². The molecule has 0 aliphatic heterocycles. The molecule has 1 atom stereocenters. The highest BCUT2D eigenvalue weighted by molar-refractivity contribution is 5.50. The van der Waals surface area contributed by atoms with Crippen molar-refractivity contribution in [3.63, 3.8) is 0 Å². The third-order valence-corrected chi connectivity index (χ3v) is 3.69. The topological polar surface area (TPSA) is 38.5 Å². The number of nitrogens with zero attached hydrogens (tertiary/aromatic N) is 1. The molecule has 3 nitrogen and oxygen atoms in total. The van der Waals surface area contributed by atoms with Gasteiger partial charge in [-0.3, -0.25) is 0 Å². The van der Waals surface area contributed by atoms with Gasteiger partial charge in [-0.1, -0.05) is 24.6 Å². The molecular weight excluding hydrogens is 224 g/mol. The van der Waals surface area contributed by atoms with E-state index >= 15 is 0 Å². The van der Waals surface area contributed by atoms with Crippen LogP contribution in [0.3, 0.4) is 0 Å². The zero-order valence-electron chi connectivity index (χ0n) is 12.1.